The Morgan fingerprint density at radius 2 is 2.00 bits per heavy atom. The van der Waals surface area contributed by atoms with Gasteiger partial charge in [-0.05, 0) is 35.4 Å². The monoisotopic (exact) mass is 231 g/mol. The topological polar surface area (TPSA) is 33.0 Å². The quantitative estimate of drug-likeness (QED) is 0.759. The molecule has 0 amide bonds. The smallest absolute Gasteiger partial charge is 0.122 e. The summed E-state index contributed by atoms with van der Waals surface area (Å²) < 4.78 is 5.37. The summed E-state index contributed by atoms with van der Waals surface area (Å²) in [6.07, 6.45) is 1.53. The van der Waals surface area contributed by atoms with E-state index in [4.69, 9.17) is 10.00 Å². The highest BCUT2D eigenvalue weighted by Crippen LogP contribution is 2.31. The molecule has 0 aromatic heterocycles. The first-order valence-electron chi connectivity index (χ1n) is 6.15. The summed E-state index contributed by atoms with van der Waals surface area (Å²) in [5.74, 6) is 1.84. The van der Waals surface area contributed by atoms with E-state index >= 15 is 0 Å². The van der Waals surface area contributed by atoms with Crippen molar-refractivity contribution in [2.45, 2.75) is 45.4 Å². The highest BCUT2D eigenvalue weighted by Gasteiger charge is 2.11. The zero-order valence-corrected chi connectivity index (χ0v) is 11.2. The van der Waals surface area contributed by atoms with Crippen LogP contribution in [0.25, 0.3) is 0 Å². The van der Waals surface area contributed by atoms with Crippen LogP contribution < -0.4 is 4.74 Å². The molecule has 2 heteroatoms. The molecule has 17 heavy (non-hydrogen) atoms. The average Bonchev–Trinajstić information content (AvgIpc) is 2.34. The molecule has 2 nitrogen and oxygen atoms in total. The molecule has 0 aliphatic rings. The fourth-order valence-electron chi connectivity index (χ4n) is 1.96. The normalized spacial score (nSPS) is 12.2. The zero-order chi connectivity index (χ0) is 12.8. The van der Waals surface area contributed by atoms with Crippen LogP contribution in [-0.2, 0) is 0 Å². The number of rotatable bonds is 5. The first-order valence-corrected chi connectivity index (χ1v) is 6.15. The second kappa shape index (κ2) is 6.30. The SMILES string of the molecule is COc1ccc(C(C)CCC#N)cc1C(C)C. The van der Waals surface area contributed by atoms with Crippen LogP contribution in [0.5, 0.6) is 5.75 Å². The van der Waals surface area contributed by atoms with Crippen molar-refractivity contribution >= 4 is 0 Å². The van der Waals surface area contributed by atoms with Crippen LogP contribution in [0.4, 0.5) is 0 Å². The third-order valence-corrected chi connectivity index (χ3v) is 3.13. The molecule has 0 saturated heterocycles. The lowest BCUT2D eigenvalue weighted by Gasteiger charge is -2.16. The Labute approximate surface area is 104 Å². The Hall–Kier alpha value is -1.49. The van der Waals surface area contributed by atoms with Gasteiger partial charge in [-0.25, -0.2) is 0 Å². The summed E-state index contributed by atoms with van der Waals surface area (Å²) in [7, 11) is 1.71. The van der Waals surface area contributed by atoms with Crippen LogP contribution in [0.15, 0.2) is 18.2 Å². The van der Waals surface area contributed by atoms with Crippen LogP contribution in [0.1, 0.15) is 56.6 Å². The number of nitriles is 1. The summed E-state index contributed by atoms with van der Waals surface area (Å²) in [5.41, 5.74) is 2.54. The van der Waals surface area contributed by atoms with Gasteiger partial charge >= 0.3 is 0 Å². The highest BCUT2D eigenvalue weighted by molar-refractivity contribution is 5.40. The van der Waals surface area contributed by atoms with Gasteiger partial charge in [-0.2, -0.15) is 5.26 Å². The maximum absolute atomic E-state index is 8.62. The molecule has 0 heterocycles. The Balaban J connectivity index is 2.96. The Morgan fingerprint density at radius 1 is 1.29 bits per heavy atom. The predicted octanol–water partition coefficient (Wildman–Crippen LogP) is 4.23. The third kappa shape index (κ3) is 3.49. The molecule has 0 spiro atoms. The van der Waals surface area contributed by atoms with E-state index < -0.39 is 0 Å². The van der Waals surface area contributed by atoms with Crippen molar-refractivity contribution < 1.29 is 4.74 Å². The van der Waals surface area contributed by atoms with E-state index in [9.17, 15) is 0 Å². The van der Waals surface area contributed by atoms with Gasteiger partial charge in [0.2, 0.25) is 0 Å². The van der Waals surface area contributed by atoms with Crippen molar-refractivity contribution in [2.75, 3.05) is 7.11 Å². The van der Waals surface area contributed by atoms with Gasteiger partial charge in [0.1, 0.15) is 5.75 Å². The van der Waals surface area contributed by atoms with Crippen molar-refractivity contribution in [3.8, 4) is 11.8 Å². The van der Waals surface area contributed by atoms with E-state index in [-0.39, 0.29) is 0 Å². The van der Waals surface area contributed by atoms with Gasteiger partial charge in [0.05, 0.1) is 13.2 Å². The molecule has 92 valence electrons. The lowest BCUT2D eigenvalue weighted by Crippen LogP contribution is -1.99. The van der Waals surface area contributed by atoms with Gasteiger partial charge in [0.15, 0.2) is 0 Å². The average molecular weight is 231 g/mol. The highest BCUT2D eigenvalue weighted by atomic mass is 16.5. The largest absolute Gasteiger partial charge is 0.496 e. The van der Waals surface area contributed by atoms with Crippen molar-refractivity contribution in [3.05, 3.63) is 29.3 Å². The number of ether oxygens (including phenoxy) is 1. The minimum atomic E-state index is 0.429. The van der Waals surface area contributed by atoms with Crippen LogP contribution in [0.3, 0.4) is 0 Å². The fourth-order valence-corrected chi connectivity index (χ4v) is 1.96. The lowest BCUT2D eigenvalue weighted by atomic mass is 9.91. The van der Waals surface area contributed by atoms with Gasteiger partial charge in [-0.3, -0.25) is 0 Å². The number of hydrogen-bond donors (Lipinski definition) is 0. The first-order chi connectivity index (χ1) is 8.10. The summed E-state index contributed by atoms with van der Waals surface area (Å²) in [5, 5.41) is 8.62. The van der Waals surface area contributed by atoms with Gasteiger partial charge in [-0.1, -0.05) is 32.9 Å². The molecule has 1 rings (SSSR count). The van der Waals surface area contributed by atoms with Crippen molar-refractivity contribution in [3.63, 3.8) is 0 Å². The Kier molecular flexibility index (Phi) is 5.03. The van der Waals surface area contributed by atoms with Gasteiger partial charge in [0, 0.05) is 6.42 Å². The van der Waals surface area contributed by atoms with Gasteiger partial charge in [-0.15, -0.1) is 0 Å². The van der Waals surface area contributed by atoms with Gasteiger partial charge < -0.3 is 4.74 Å². The van der Waals surface area contributed by atoms with Crippen molar-refractivity contribution in [2.24, 2.45) is 0 Å². The van der Waals surface area contributed by atoms with E-state index in [2.05, 4.69) is 39.0 Å². The molecular weight excluding hydrogens is 210 g/mol. The summed E-state index contributed by atoms with van der Waals surface area (Å²) in [4.78, 5) is 0. The third-order valence-electron chi connectivity index (χ3n) is 3.13. The molecule has 0 bridgehead atoms. The van der Waals surface area contributed by atoms with E-state index in [1.54, 1.807) is 7.11 Å². The standard InChI is InChI=1S/C15H21NO/c1-11(2)14-10-13(7-8-15(14)17-4)12(3)6-5-9-16/h7-8,10-12H,5-6H2,1-4H3. The number of benzene rings is 1. The number of nitrogens with zero attached hydrogens (tertiary/aromatic N) is 1. The van der Waals surface area contributed by atoms with E-state index in [1.165, 1.54) is 11.1 Å². The molecule has 0 fully saturated rings. The molecule has 1 atom stereocenters. The van der Waals surface area contributed by atoms with E-state index in [0.717, 1.165) is 12.2 Å². The molecule has 0 radical (unpaired) electrons. The predicted molar refractivity (Wildman–Crippen MR) is 70.3 cm³/mol. The maximum atomic E-state index is 8.62. The Bertz CT molecular complexity index is 404. The maximum Gasteiger partial charge on any atom is 0.122 e. The number of hydrogen-bond acceptors (Lipinski definition) is 2. The molecule has 0 aliphatic heterocycles. The lowest BCUT2D eigenvalue weighted by molar-refractivity contribution is 0.407. The fraction of sp³-hybridized carbons (Fsp3) is 0.533. The summed E-state index contributed by atoms with van der Waals surface area (Å²) >= 11 is 0. The van der Waals surface area contributed by atoms with Crippen LogP contribution >= 0.6 is 0 Å². The Morgan fingerprint density at radius 3 is 2.53 bits per heavy atom. The van der Waals surface area contributed by atoms with Crippen LogP contribution in [0.2, 0.25) is 0 Å². The van der Waals surface area contributed by atoms with Gasteiger partial charge in [0.25, 0.3) is 0 Å². The molecule has 0 saturated carbocycles. The first kappa shape index (κ1) is 13.6. The molecular formula is C15H21NO. The molecule has 0 N–H and O–H groups in total. The van der Waals surface area contributed by atoms with Crippen LogP contribution in [0, 0.1) is 11.3 Å². The van der Waals surface area contributed by atoms with Crippen LogP contribution in [-0.4, -0.2) is 7.11 Å². The second-order valence-corrected chi connectivity index (χ2v) is 4.75. The molecule has 1 aromatic rings. The molecule has 0 aliphatic carbocycles. The van der Waals surface area contributed by atoms with E-state index in [0.29, 0.717) is 18.3 Å². The minimum absolute atomic E-state index is 0.429. The zero-order valence-electron chi connectivity index (χ0n) is 11.2. The molecule has 1 unspecified atom stereocenters. The van der Waals surface area contributed by atoms with Crippen molar-refractivity contribution in [1.29, 1.82) is 5.26 Å². The second-order valence-electron chi connectivity index (χ2n) is 4.75. The molecule has 1 aromatic carbocycles. The summed E-state index contributed by atoms with van der Waals surface area (Å²) in [6.45, 7) is 6.51. The van der Waals surface area contributed by atoms with E-state index in [1.807, 2.05) is 6.07 Å². The summed E-state index contributed by atoms with van der Waals surface area (Å²) in [6, 6.07) is 8.56. The number of methoxy groups -OCH3 is 1. The van der Waals surface area contributed by atoms with Crippen molar-refractivity contribution in [1.82, 2.24) is 0 Å². The minimum Gasteiger partial charge on any atom is -0.496 e.